The van der Waals surface area contributed by atoms with Crippen LogP contribution in [0.15, 0.2) is 48.8 Å². The molecule has 1 aliphatic heterocycles. The number of aromatic nitrogens is 1. The Bertz CT molecular complexity index is 551. The first-order chi connectivity index (χ1) is 8.34. The topological polar surface area (TPSA) is 42.0 Å². The molecule has 0 bridgehead atoms. The lowest BCUT2D eigenvalue weighted by molar-refractivity contribution is -0.117. The zero-order valence-electron chi connectivity index (χ0n) is 9.26. The zero-order valence-corrected chi connectivity index (χ0v) is 9.26. The maximum atomic E-state index is 11.9. The molecule has 84 valence electrons. The Kier molecular flexibility index (Phi) is 2.37. The van der Waals surface area contributed by atoms with Crippen molar-refractivity contribution in [1.82, 2.24) is 4.98 Å². The summed E-state index contributed by atoms with van der Waals surface area (Å²) in [7, 11) is 0. The molecule has 1 N–H and O–H groups in total. The first-order valence-electron chi connectivity index (χ1n) is 5.63. The van der Waals surface area contributed by atoms with E-state index in [1.165, 1.54) is 0 Å². The van der Waals surface area contributed by atoms with Crippen LogP contribution in [0.3, 0.4) is 0 Å². The normalized spacial score (nSPS) is 17.6. The van der Waals surface area contributed by atoms with E-state index >= 15 is 0 Å². The molecule has 1 aromatic heterocycles. The van der Waals surface area contributed by atoms with Crippen LogP contribution in [0.25, 0.3) is 0 Å². The van der Waals surface area contributed by atoms with Crippen LogP contribution in [-0.2, 0) is 11.2 Å². The number of hydrogen-bond donors (Lipinski definition) is 1. The number of amides is 1. The summed E-state index contributed by atoms with van der Waals surface area (Å²) in [5.74, 6) is 0.0108. The van der Waals surface area contributed by atoms with E-state index in [0.29, 0.717) is 0 Å². The van der Waals surface area contributed by atoms with Crippen LogP contribution < -0.4 is 5.32 Å². The molecule has 1 amide bonds. The number of fused-ring (bicyclic) bond motifs is 1. The summed E-state index contributed by atoms with van der Waals surface area (Å²) in [6.45, 7) is 0. The average Bonchev–Trinajstić information content (AvgIpc) is 2.68. The van der Waals surface area contributed by atoms with Crippen LogP contribution in [0.1, 0.15) is 17.0 Å². The second kappa shape index (κ2) is 4.01. The van der Waals surface area contributed by atoms with Crippen molar-refractivity contribution in [3.8, 4) is 0 Å². The smallest absolute Gasteiger partial charge is 0.232 e. The van der Waals surface area contributed by atoms with E-state index in [0.717, 1.165) is 23.2 Å². The fraction of sp³-hybridized carbons (Fsp3) is 0.143. The summed E-state index contributed by atoms with van der Waals surface area (Å²) in [5, 5.41) is 2.91. The third kappa shape index (κ3) is 1.80. The maximum Gasteiger partial charge on any atom is 0.232 e. The van der Waals surface area contributed by atoms with Gasteiger partial charge in [0.25, 0.3) is 0 Å². The number of rotatable bonds is 2. The molecule has 3 nitrogen and oxygen atoms in total. The summed E-state index contributed by atoms with van der Waals surface area (Å²) in [6.07, 6.45) is 4.24. The fourth-order valence-corrected chi connectivity index (χ4v) is 2.23. The molecule has 0 saturated carbocycles. The summed E-state index contributed by atoms with van der Waals surface area (Å²) in [5.41, 5.74) is 3.17. The molecule has 0 saturated heterocycles. The molecule has 17 heavy (non-hydrogen) atoms. The molecule has 0 fully saturated rings. The second-order valence-electron chi connectivity index (χ2n) is 4.19. The van der Waals surface area contributed by atoms with Crippen molar-refractivity contribution in [3.63, 3.8) is 0 Å². The number of anilines is 1. The van der Waals surface area contributed by atoms with Gasteiger partial charge in [-0.25, -0.2) is 0 Å². The van der Waals surface area contributed by atoms with Gasteiger partial charge in [-0.05, 0) is 35.7 Å². The SMILES string of the molecule is O=C1Nc2ccccc2[C@@H]1Cc1ccncc1. The summed E-state index contributed by atoms with van der Waals surface area (Å²) >= 11 is 0. The van der Waals surface area contributed by atoms with Crippen molar-refractivity contribution in [2.75, 3.05) is 5.32 Å². The van der Waals surface area contributed by atoms with Gasteiger partial charge >= 0.3 is 0 Å². The van der Waals surface area contributed by atoms with Gasteiger partial charge in [-0.2, -0.15) is 0 Å². The highest BCUT2D eigenvalue weighted by Gasteiger charge is 2.29. The third-order valence-corrected chi connectivity index (χ3v) is 3.10. The fourth-order valence-electron chi connectivity index (χ4n) is 2.23. The van der Waals surface area contributed by atoms with Crippen LogP contribution in [0.2, 0.25) is 0 Å². The van der Waals surface area contributed by atoms with Crippen molar-refractivity contribution in [3.05, 3.63) is 59.9 Å². The molecule has 1 aromatic carbocycles. The maximum absolute atomic E-state index is 11.9. The lowest BCUT2D eigenvalue weighted by Crippen LogP contribution is -2.14. The van der Waals surface area contributed by atoms with Crippen LogP contribution >= 0.6 is 0 Å². The molecule has 3 rings (SSSR count). The number of para-hydroxylation sites is 1. The molecule has 1 aliphatic rings. The van der Waals surface area contributed by atoms with Gasteiger partial charge < -0.3 is 5.32 Å². The second-order valence-corrected chi connectivity index (χ2v) is 4.19. The van der Waals surface area contributed by atoms with Crippen molar-refractivity contribution in [1.29, 1.82) is 0 Å². The Balaban J connectivity index is 1.92. The Hall–Kier alpha value is -2.16. The number of carbonyl (C=O) groups is 1. The summed E-state index contributed by atoms with van der Waals surface area (Å²) in [6, 6.07) is 11.8. The van der Waals surface area contributed by atoms with Crippen molar-refractivity contribution in [2.45, 2.75) is 12.3 Å². The van der Waals surface area contributed by atoms with Crippen molar-refractivity contribution >= 4 is 11.6 Å². The largest absolute Gasteiger partial charge is 0.325 e. The number of nitrogens with one attached hydrogen (secondary N) is 1. The van der Waals surface area contributed by atoms with E-state index in [1.807, 2.05) is 36.4 Å². The molecule has 1 atom stereocenters. The number of nitrogens with zero attached hydrogens (tertiary/aromatic N) is 1. The van der Waals surface area contributed by atoms with E-state index in [4.69, 9.17) is 0 Å². The van der Waals surface area contributed by atoms with Crippen LogP contribution in [0.4, 0.5) is 5.69 Å². The molecule has 0 unspecified atom stereocenters. The molecule has 2 aromatic rings. The molecule has 3 heteroatoms. The molecular formula is C14H12N2O. The molecule has 0 radical (unpaired) electrons. The number of pyridine rings is 1. The van der Waals surface area contributed by atoms with Gasteiger partial charge in [0, 0.05) is 18.1 Å². The van der Waals surface area contributed by atoms with E-state index < -0.39 is 0 Å². The van der Waals surface area contributed by atoms with E-state index in [9.17, 15) is 4.79 Å². The minimum atomic E-state index is -0.0754. The van der Waals surface area contributed by atoms with Gasteiger partial charge in [-0.3, -0.25) is 9.78 Å². The van der Waals surface area contributed by atoms with Crippen LogP contribution in [-0.4, -0.2) is 10.9 Å². The molecule has 0 aliphatic carbocycles. The number of carbonyl (C=O) groups excluding carboxylic acids is 1. The van der Waals surface area contributed by atoms with Crippen LogP contribution in [0, 0.1) is 0 Å². The molecule has 0 spiro atoms. The molecular weight excluding hydrogens is 212 g/mol. The Morgan fingerprint density at radius 1 is 1.12 bits per heavy atom. The van der Waals surface area contributed by atoms with Crippen LogP contribution in [0.5, 0.6) is 0 Å². The highest BCUT2D eigenvalue weighted by molar-refractivity contribution is 6.02. The predicted molar refractivity (Wildman–Crippen MR) is 65.8 cm³/mol. The van der Waals surface area contributed by atoms with E-state index in [2.05, 4.69) is 10.3 Å². The third-order valence-electron chi connectivity index (χ3n) is 3.10. The minimum absolute atomic E-state index is 0.0754. The van der Waals surface area contributed by atoms with Crippen molar-refractivity contribution < 1.29 is 4.79 Å². The minimum Gasteiger partial charge on any atom is -0.325 e. The monoisotopic (exact) mass is 224 g/mol. The number of benzene rings is 1. The van der Waals surface area contributed by atoms with E-state index in [1.54, 1.807) is 12.4 Å². The Labute approximate surface area is 99.5 Å². The predicted octanol–water partition coefficient (Wildman–Crippen LogP) is 2.36. The summed E-state index contributed by atoms with van der Waals surface area (Å²) in [4.78, 5) is 15.9. The first-order valence-corrected chi connectivity index (χ1v) is 5.63. The Morgan fingerprint density at radius 2 is 1.88 bits per heavy atom. The summed E-state index contributed by atoms with van der Waals surface area (Å²) < 4.78 is 0. The van der Waals surface area contributed by atoms with E-state index in [-0.39, 0.29) is 11.8 Å². The average molecular weight is 224 g/mol. The number of hydrogen-bond acceptors (Lipinski definition) is 2. The highest BCUT2D eigenvalue weighted by atomic mass is 16.2. The standard InChI is InChI=1S/C14H12N2O/c17-14-12(9-10-5-7-15-8-6-10)11-3-1-2-4-13(11)16-14/h1-8,12H,9H2,(H,16,17)/t12-/m0/s1. The van der Waals surface area contributed by atoms with Gasteiger partial charge in [-0.15, -0.1) is 0 Å². The van der Waals surface area contributed by atoms with Gasteiger partial charge in [0.05, 0.1) is 5.92 Å². The Morgan fingerprint density at radius 3 is 2.71 bits per heavy atom. The first kappa shape index (κ1) is 10.0. The van der Waals surface area contributed by atoms with Crippen molar-refractivity contribution in [2.24, 2.45) is 0 Å². The van der Waals surface area contributed by atoms with Gasteiger partial charge in [-0.1, -0.05) is 18.2 Å². The lowest BCUT2D eigenvalue weighted by Gasteiger charge is -2.08. The zero-order chi connectivity index (χ0) is 11.7. The van der Waals surface area contributed by atoms with Gasteiger partial charge in [0.15, 0.2) is 0 Å². The lowest BCUT2D eigenvalue weighted by atomic mass is 9.94. The van der Waals surface area contributed by atoms with Gasteiger partial charge in [0.2, 0.25) is 5.91 Å². The highest BCUT2D eigenvalue weighted by Crippen LogP contribution is 2.34. The quantitative estimate of drug-likeness (QED) is 0.850. The van der Waals surface area contributed by atoms with Gasteiger partial charge in [0.1, 0.15) is 0 Å². The molecule has 2 heterocycles.